The van der Waals surface area contributed by atoms with Gasteiger partial charge in [-0.2, -0.15) is 10.1 Å². The summed E-state index contributed by atoms with van der Waals surface area (Å²) in [5, 5.41) is 12.2. The highest BCUT2D eigenvalue weighted by atomic mass is 16.1. The molecule has 1 saturated carbocycles. The molecule has 5 rings (SSSR count). The molecular weight excluding hydrogens is 356 g/mol. The number of quaternary nitrogens is 1. The van der Waals surface area contributed by atoms with Crippen molar-refractivity contribution in [2.75, 3.05) is 5.32 Å². The zero-order valence-corrected chi connectivity index (χ0v) is 15.3. The summed E-state index contributed by atoms with van der Waals surface area (Å²) >= 11 is 0. The van der Waals surface area contributed by atoms with Gasteiger partial charge in [0.25, 0.3) is 11.8 Å². The maximum absolute atomic E-state index is 11.7. The maximum atomic E-state index is 11.7. The fraction of sp³-hybridized carbons (Fsp3) is 0.211. The molecule has 0 bridgehead atoms. The molecule has 3 N–H and O–H groups in total. The molecular formula is C19H19N8O+. The van der Waals surface area contributed by atoms with E-state index in [0.29, 0.717) is 11.8 Å². The molecule has 28 heavy (non-hydrogen) atoms. The van der Waals surface area contributed by atoms with Gasteiger partial charge in [-0.25, -0.2) is 0 Å². The van der Waals surface area contributed by atoms with Crippen LogP contribution in [0.1, 0.15) is 18.4 Å². The minimum absolute atomic E-state index is 0.0859. The van der Waals surface area contributed by atoms with E-state index in [9.17, 15) is 4.79 Å². The number of benzene rings is 1. The molecule has 140 valence electrons. The Labute approximate surface area is 161 Å². The molecule has 3 aliphatic rings. The third kappa shape index (κ3) is 2.40. The van der Waals surface area contributed by atoms with Crippen LogP contribution in [0.4, 0.5) is 11.4 Å². The highest BCUT2D eigenvalue weighted by Gasteiger charge is 2.50. The third-order valence-electron chi connectivity index (χ3n) is 5.38. The molecule has 1 aromatic heterocycles. The van der Waals surface area contributed by atoms with E-state index in [-0.39, 0.29) is 10.5 Å². The van der Waals surface area contributed by atoms with Gasteiger partial charge in [0, 0.05) is 12.7 Å². The van der Waals surface area contributed by atoms with Crippen LogP contribution in [0.5, 0.6) is 0 Å². The van der Waals surface area contributed by atoms with E-state index in [1.54, 1.807) is 23.3 Å². The Morgan fingerprint density at radius 1 is 1.29 bits per heavy atom. The molecule has 1 amide bonds. The topological polar surface area (TPSA) is 110 Å². The first kappa shape index (κ1) is 16.6. The number of amides is 1. The minimum Gasteiger partial charge on any atom is -0.369 e. The first-order valence-corrected chi connectivity index (χ1v) is 8.98. The second-order valence-corrected chi connectivity index (χ2v) is 7.18. The molecule has 1 unspecified atom stereocenters. The molecule has 0 spiro atoms. The molecule has 1 aromatic carbocycles. The van der Waals surface area contributed by atoms with E-state index in [1.807, 2.05) is 43.7 Å². The number of anilines is 1. The van der Waals surface area contributed by atoms with E-state index >= 15 is 0 Å². The fourth-order valence-electron chi connectivity index (χ4n) is 3.60. The number of guanidine groups is 1. The molecule has 0 radical (unpaired) electrons. The number of fused-ring (bicyclic) bond motifs is 1. The number of hydrogen-bond acceptors (Lipinski definition) is 6. The second-order valence-electron chi connectivity index (χ2n) is 7.18. The van der Waals surface area contributed by atoms with Crippen LogP contribution in [0.25, 0.3) is 0 Å². The van der Waals surface area contributed by atoms with Gasteiger partial charge in [-0.1, -0.05) is 16.7 Å². The lowest BCUT2D eigenvalue weighted by Crippen LogP contribution is -2.44. The Kier molecular flexibility index (Phi) is 3.37. The predicted molar refractivity (Wildman–Crippen MR) is 108 cm³/mol. The van der Waals surface area contributed by atoms with Crippen LogP contribution in [-0.4, -0.2) is 33.7 Å². The summed E-state index contributed by atoms with van der Waals surface area (Å²) in [5.74, 6) is 0.895. The summed E-state index contributed by atoms with van der Waals surface area (Å²) in [6.45, 7) is 0. The molecule has 0 saturated heterocycles. The van der Waals surface area contributed by atoms with E-state index in [0.717, 1.165) is 29.8 Å². The highest BCUT2D eigenvalue weighted by molar-refractivity contribution is 6.38. The van der Waals surface area contributed by atoms with Crippen molar-refractivity contribution in [1.29, 1.82) is 0 Å². The molecule has 2 aromatic rings. The number of nitrogens with two attached hydrogens (primary N) is 1. The summed E-state index contributed by atoms with van der Waals surface area (Å²) in [4.78, 5) is 20.5. The van der Waals surface area contributed by atoms with Crippen LogP contribution >= 0.6 is 0 Å². The van der Waals surface area contributed by atoms with E-state index in [2.05, 4.69) is 20.4 Å². The summed E-state index contributed by atoms with van der Waals surface area (Å²) in [5.41, 5.74) is 7.72. The lowest BCUT2D eigenvalue weighted by molar-refractivity contribution is -0.120. The SMILES string of the molecule is Cn1cc([N+]23C=CN=CC2=NC(Nc2ccc(C4(C(N)=O)CC4)cc2)=N3)cn1. The van der Waals surface area contributed by atoms with Crippen LogP contribution in [0.2, 0.25) is 0 Å². The van der Waals surface area contributed by atoms with Crippen molar-refractivity contribution in [3.05, 3.63) is 54.6 Å². The van der Waals surface area contributed by atoms with Crippen molar-refractivity contribution in [3.8, 4) is 0 Å². The maximum Gasteiger partial charge on any atom is 0.287 e. The monoisotopic (exact) mass is 375 g/mol. The Morgan fingerprint density at radius 2 is 2.07 bits per heavy atom. The minimum atomic E-state index is -0.485. The van der Waals surface area contributed by atoms with Crippen molar-refractivity contribution in [3.63, 3.8) is 0 Å². The molecule has 2 aliphatic heterocycles. The van der Waals surface area contributed by atoms with Gasteiger partial charge in [0.05, 0.1) is 17.8 Å². The second kappa shape index (κ2) is 5.70. The largest absolute Gasteiger partial charge is 0.369 e. The molecule has 1 aliphatic carbocycles. The Balaban J connectivity index is 1.43. The Hall–Kier alpha value is -3.59. The smallest absolute Gasteiger partial charge is 0.287 e. The summed E-state index contributed by atoms with van der Waals surface area (Å²) in [6, 6.07) is 7.69. The van der Waals surface area contributed by atoms with Gasteiger partial charge in [0.15, 0.2) is 6.20 Å². The zero-order valence-electron chi connectivity index (χ0n) is 15.3. The average Bonchev–Trinajstić information content (AvgIpc) is 3.25. The van der Waals surface area contributed by atoms with E-state index in [4.69, 9.17) is 10.8 Å². The van der Waals surface area contributed by atoms with Gasteiger partial charge in [0.2, 0.25) is 11.6 Å². The first-order chi connectivity index (χ1) is 13.5. The number of rotatable bonds is 4. The highest BCUT2D eigenvalue weighted by Crippen LogP contribution is 2.48. The number of aliphatic imine (C=N–C) groups is 2. The van der Waals surface area contributed by atoms with Gasteiger partial charge in [-0.3, -0.25) is 14.5 Å². The molecule has 1 fully saturated rings. The van der Waals surface area contributed by atoms with Crippen LogP contribution in [0, 0.1) is 0 Å². The summed E-state index contributed by atoms with van der Waals surface area (Å²) in [6.07, 6.45) is 10.5. The van der Waals surface area contributed by atoms with Gasteiger partial charge in [0.1, 0.15) is 12.4 Å². The van der Waals surface area contributed by atoms with Crippen molar-refractivity contribution in [2.24, 2.45) is 27.9 Å². The van der Waals surface area contributed by atoms with Crippen molar-refractivity contribution >= 4 is 35.3 Å². The number of amidine groups is 1. The first-order valence-electron chi connectivity index (χ1n) is 8.98. The van der Waals surface area contributed by atoms with Gasteiger partial charge < -0.3 is 11.1 Å². The Morgan fingerprint density at radius 3 is 2.71 bits per heavy atom. The number of carbonyl (C=O) groups is 1. The lowest BCUT2D eigenvalue weighted by Gasteiger charge is -2.21. The summed E-state index contributed by atoms with van der Waals surface area (Å²) in [7, 11) is 1.86. The van der Waals surface area contributed by atoms with Gasteiger partial charge >= 0.3 is 0 Å². The number of nitrogens with one attached hydrogen (secondary N) is 1. The number of aromatic nitrogens is 2. The normalized spacial score (nSPS) is 23.8. The predicted octanol–water partition coefficient (Wildman–Crippen LogP) is 1.60. The number of hydrogen-bond donors (Lipinski definition) is 2. The van der Waals surface area contributed by atoms with Crippen LogP contribution in [0.3, 0.4) is 0 Å². The molecule has 3 heterocycles. The van der Waals surface area contributed by atoms with Crippen LogP contribution in [0.15, 0.2) is 64.1 Å². The number of primary amides is 1. The van der Waals surface area contributed by atoms with Crippen molar-refractivity contribution in [2.45, 2.75) is 18.3 Å². The fourth-order valence-corrected chi connectivity index (χ4v) is 3.60. The van der Waals surface area contributed by atoms with Crippen LogP contribution in [-0.2, 0) is 17.3 Å². The van der Waals surface area contributed by atoms with Gasteiger partial charge in [-0.15, -0.1) is 0 Å². The van der Waals surface area contributed by atoms with E-state index in [1.165, 1.54) is 0 Å². The average molecular weight is 375 g/mol. The number of nitrogens with zero attached hydrogens (tertiary/aromatic N) is 6. The lowest BCUT2D eigenvalue weighted by atomic mass is 9.95. The van der Waals surface area contributed by atoms with Gasteiger partial charge in [-0.05, 0) is 35.6 Å². The molecule has 9 heteroatoms. The molecule has 9 nitrogen and oxygen atoms in total. The number of aryl methyl sites for hydroxylation is 1. The third-order valence-corrected chi connectivity index (χ3v) is 5.38. The summed E-state index contributed by atoms with van der Waals surface area (Å²) < 4.78 is 1.81. The molecule has 1 atom stereocenters. The Bertz CT molecular complexity index is 1090. The standard InChI is InChI=1S/C19H18N8O/c1-26-12-15(10-22-26)27-9-8-21-11-16(27)24-18(25-27)23-14-4-2-13(3-5-14)19(6-7-19)17(20)28/h2-5,8-12H,6-7H2,1H3,(H2-,20,23,25,28)/p+1. The quantitative estimate of drug-likeness (QED) is 0.792. The van der Waals surface area contributed by atoms with Crippen molar-refractivity contribution in [1.82, 2.24) is 14.4 Å². The van der Waals surface area contributed by atoms with Crippen molar-refractivity contribution < 1.29 is 4.79 Å². The van der Waals surface area contributed by atoms with E-state index < -0.39 is 5.41 Å². The van der Waals surface area contributed by atoms with Crippen LogP contribution < -0.4 is 15.6 Å². The number of carbonyl (C=O) groups excluding carboxylic acids is 1. The zero-order chi connectivity index (χ0) is 19.4.